The van der Waals surface area contributed by atoms with Crippen molar-refractivity contribution in [3.8, 4) is 16.2 Å². The Bertz CT molecular complexity index is 1180. The smallest absolute Gasteiger partial charge is 0.262 e. The molecule has 2 N–H and O–H groups in total. The number of piperazine rings is 1. The number of nitrogens with zero attached hydrogens (tertiary/aromatic N) is 1. The van der Waals surface area contributed by atoms with E-state index in [1.807, 2.05) is 48.7 Å². The van der Waals surface area contributed by atoms with Gasteiger partial charge in [0.1, 0.15) is 5.75 Å². The lowest BCUT2D eigenvalue weighted by atomic mass is 10.1. The van der Waals surface area contributed by atoms with Crippen LogP contribution in [0.1, 0.15) is 19.4 Å². The Morgan fingerprint density at radius 2 is 1.84 bits per heavy atom. The van der Waals surface area contributed by atoms with E-state index in [1.165, 1.54) is 0 Å². The lowest BCUT2D eigenvalue weighted by Crippen LogP contribution is -2.54. The molecule has 0 saturated carbocycles. The van der Waals surface area contributed by atoms with Crippen LogP contribution < -0.4 is 19.7 Å². The third-order valence-electron chi connectivity index (χ3n) is 5.60. The monoisotopic (exact) mass is 471 g/mol. The molecule has 1 fully saturated rings. The second-order valence-electron chi connectivity index (χ2n) is 8.32. The van der Waals surface area contributed by atoms with Gasteiger partial charge in [0.15, 0.2) is 0 Å². The molecule has 2 heterocycles. The van der Waals surface area contributed by atoms with E-state index in [0.717, 1.165) is 35.0 Å². The first-order chi connectivity index (χ1) is 15.3. The molecule has 0 amide bonds. The fourth-order valence-electron chi connectivity index (χ4n) is 4.28. The number of methoxy groups -OCH3 is 1. The van der Waals surface area contributed by atoms with E-state index < -0.39 is 10.0 Å². The van der Waals surface area contributed by atoms with Crippen LogP contribution in [-0.2, 0) is 10.0 Å². The van der Waals surface area contributed by atoms with Crippen LogP contribution in [-0.4, -0.2) is 40.7 Å². The highest BCUT2D eigenvalue weighted by Crippen LogP contribution is 2.34. The Morgan fingerprint density at radius 1 is 1.09 bits per heavy atom. The number of ether oxygens (including phenoxy) is 1. The molecule has 2 aromatic carbocycles. The zero-order valence-electron chi connectivity index (χ0n) is 18.8. The Kier molecular flexibility index (Phi) is 6.46. The minimum atomic E-state index is -3.74. The van der Waals surface area contributed by atoms with Gasteiger partial charge in [-0.2, -0.15) is 0 Å². The number of anilines is 2. The fourth-order valence-corrected chi connectivity index (χ4v) is 6.28. The lowest BCUT2D eigenvalue weighted by molar-refractivity contribution is 0.391. The van der Waals surface area contributed by atoms with Crippen LogP contribution in [0, 0.1) is 6.92 Å². The number of rotatable bonds is 6. The van der Waals surface area contributed by atoms with Crippen LogP contribution in [0.15, 0.2) is 58.8 Å². The van der Waals surface area contributed by atoms with Crippen molar-refractivity contribution in [2.45, 2.75) is 37.8 Å². The highest BCUT2D eigenvalue weighted by molar-refractivity contribution is 7.92. The standard InChI is InChI=1S/C24H29N3O3S2/c1-16-12-19(23-6-5-11-31-23)7-10-24(16)32(28,29)26-20-8-9-22(30-4)21(13-20)27-14-17(2)25-18(3)15-27/h5-13,17-18,25-26H,14-15H2,1-4H3/t17-,18+. The Labute approximate surface area is 194 Å². The average molecular weight is 472 g/mol. The molecule has 3 aromatic rings. The van der Waals surface area contributed by atoms with Crippen molar-refractivity contribution in [1.29, 1.82) is 0 Å². The average Bonchev–Trinajstić information content (AvgIpc) is 3.27. The van der Waals surface area contributed by atoms with Crippen molar-refractivity contribution in [1.82, 2.24) is 5.32 Å². The van der Waals surface area contributed by atoms with Crippen molar-refractivity contribution in [2.75, 3.05) is 29.8 Å². The van der Waals surface area contributed by atoms with Crippen molar-refractivity contribution in [2.24, 2.45) is 0 Å². The Hall–Kier alpha value is -2.55. The van der Waals surface area contributed by atoms with Gasteiger partial charge in [0.25, 0.3) is 10.0 Å². The molecule has 1 aliphatic heterocycles. The molecule has 6 nitrogen and oxygen atoms in total. The topological polar surface area (TPSA) is 70.7 Å². The first-order valence-electron chi connectivity index (χ1n) is 10.6. The number of thiophene rings is 1. The third-order valence-corrected chi connectivity index (χ3v) is 8.06. The van der Waals surface area contributed by atoms with Crippen LogP contribution in [0.3, 0.4) is 0 Å². The number of hydrogen-bond acceptors (Lipinski definition) is 6. The predicted molar refractivity (Wildman–Crippen MR) is 133 cm³/mol. The summed E-state index contributed by atoms with van der Waals surface area (Å²) in [5.41, 5.74) is 3.13. The van der Waals surface area contributed by atoms with Gasteiger partial charge in [-0.1, -0.05) is 12.1 Å². The molecule has 1 aliphatic rings. The summed E-state index contributed by atoms with van der Waals surface area (Å²) < 4.78 is 34.7. The van der Waals surface area contributed by atoms with E-state index in [2.05, 4.69) is 28.8 Å². The van der Waals surface area contributed by atoms with Gasteiger partial charge in [-0.05, 0) is 73.7 Å². The van der Waals surface area contributed by atoms with Gasteiger partial charge in [0.05, 0.1) is 23.4 Å². The molecule has 0 radical (unpaired) electrons. The van der Waals surface area contributed by atoms with Crippen LogP contribution >= 0.6 is 11.3 Å². The van der Waals surface area contributed by atoms with Crippen molar-refractivity contribution in [3.05, 3.63) is 59.5 Å². The quantitative estimate of drug-likeness (QED) is 0.544. The summed E-state index contributed by atoms with van der Waals surface area (Å²) in [7, 11) is -2.10. The van der Waals surface area contributed by atoms with Gasteiger partial charge in [-0.3, -0.25) is 4.72 Å². The van der Waals surface area contributed by atoms with Gasteiger partial charge in [-0.15, -0.1) is 11.3 Å². The van der Waals surface area contributed by atoms with E-state index in [9.17, 15) is 8.42 Å². The first-order valence-corrected chi connectivity index (χ1v) is 13.0. The molecule has 2 atom stereocenters. The normalized spacial score (nSPS) is 19.1. The van der Waals surface area contributed by atoms with Crippen molar-refractivity contribution in [3.63, 3.8) is 0 Å². The van der Waals surface area contributed by atoms with Crippen molar-refractivity contribution >= 4 is 32.7 Å². The van der Waals surface area contributed by atoms with E-state index >= 15 is 0 Å². The van der Waals surface area contributed by atoms with Gasteiger partial charge < -0.3 is 15.0 Å². The summed E-state index contributed by atoms with van der Waals surface area (Å²) in [4.78, 5) is 3.63. The molecule has 8 heteroatoms. The maximum Gasteiger partial charge on any atom is 0.262 e. The van der Waals surface area contributed by atoms with Crippen molar-refractivity contribution < 1.29 is 13.2 Å². The molecule has 1 saturated heterocycles. The van der Waals surface area contributed by atoms with Crippen LogP contribution in [0.2, 0.25) is 0 Å². The van der Waals surface area contributed by atoms with E-state index in [0.29, 0.717) is 23.3 Å². The van der Waals surface area contributed by atoms with Gasteiger partial charge >= 0.3 is 0 Å². The van der Waals surface area contributed by atoms with Gasteiger partial charge in [-0.25, -0.2) is 8.42 Å². The van der Waals surface area contributed by atoms with Gasteiger partial charge in [0.2, 0.25) is 0 Å². The van der Waals surface area contributed by atoms with Crippen LogP contribution in [0.25, 0.3) is 10.4 Å². The Balaban J connectivity index is 1.62. The third kappa shape index (κ3) is 4.77. The summed E-state index contributed by atoms with van der Waals surface area (Å²) in [6.45, 7) is 7.75. The number of benzene rings is 2. The second-order valence-corrected chi connectivity index (χ2v) is 10.9. The van der Waals surface area contributed by atoms with Crippen LogP contribution in [0.5, 0.6) is 5.75 Å². The zero-order valence-corrected chi connectivity index (χ0v) is 20.4. The molecule has 1 aromatic heterocycles. The maximum absolute atomic E-state index is 13.2. The largest absolute Gasteiger partial charge is 0.495 e. The predicted octanol–water partition coefficient (Wildman–Crippen LogP) is 4.72. The molecule has 32 heavy (non-hydrogen) atoms. The molecule has 4 rings (SSSR count). The summed E-state index contributed by atoms with van der Waals surface area (Å²) in [6, 6.07) is 15.5. The fraction of sp³-hybridized carbons (Fsp3) is 0.333. The molecule has 0 unspecified atom stereocenters. The number of aryl methyl sites for hydroxylation is 1. The molecule has 0 bridgehead atoms. The summed E-state index contributed by atoms with van der Waals surface area (Å²) in [5.74, 6) is 0.728. The number of nitrogens with one attached hydrogen (secondary N) is 2. The molecular formula is C24H29N3O3S2. The number of hydrogen-bond donors (Lipinski definition) is 2. The molecular weight excluding hydrogens is 442 g/mol. The number of sulfonamides is 1. The minimum Gasteiger partial charge on any atom is -0.495 e. The Morgan fingerprint density at radius 3 is 2.47 bits per heavy atom. The lowest BCUT2D eigenvalue weighted by Gasteiger charge is -2.38. The SMILES string of the molecule is COc1ccc(NS(=O)(=O)c2ccc(-c3cccs3)cc2C)cc1N1C[C@@H](C)N[C@@H](C)C1. The highest BCUT2D eigenvalue weighted by atomic mass is 32.2. The second kappa shape index (κ2) is 9.13. The van der Waals surface area contributed by atoms with E-state index in [-0.39, 0.29) is 4.90 Å². The van der Waals surface area contributed by atoms with Crippen LogP contribution in [0.4, 0.5) is 11.4 Å². The molecule has 170 valence electrons. The van der Waals surface area contributed by atoms with Gasteiger partial charge in [0, 0.05) is 30.1 Å². The van der Waals surface area contributed by atoms with E-state index in [1.54, 1.807) is 30.6 Å². The summed E-state index contributed by atoms with van der Waals surface area (Å²) >= 11 is 1.63. The summed E-state index contributed by atoms with van der Waals surface area (Å²) in [5, 5.41) is 5.53. The zero-order chi connectivity index (χ0) is 22.9. The maximum atomic E-state index is 13.2. The minimum absolute atomic E-state index is 0.277. The molecule has 0 spiro atoms. The van der Waals surface area contributed by atoms with E-state index in [4.69, 9.17) is 4.74 Å². The highest BCUT2D eigenvalue weighted by Gasteiger charge is 2.24. The summed E-state index contributed by atoms with van der Waals surface area (Å²) in [6.07, 6.45) is 0. The first kappa shape index (κ1) is 22.6. The molecule has 0 aliphatic carbocycles.